The fraction of sp³-hybridized carbons (Fsp3) is 0.579. The highest BCUT2D eigenvalue weighted by Gasteiger charge is 2.31. The molecule has 0 aromatic heterocycles. The lowest BCUT2D eigenvalue weighted by molar-refractivity contribution is -0.274. The summed E-state index contributed by atoms with van der Waals surface area (Å²) in [5, 5.41) is 0. The second-order valence-corrected chi connectivity index (χ2v) is 6.52. The first kappa shape index (κ1) is 19.2. The smallest absolute Gasteiger partial charge is 0.406 e. The first-order valence-corrected chi connectivity index (χ1v) is 9.00. The Morgan fingerprint density at radius 1 is 1.15 bits per heavy atom. The molecule has 3 rings (SSSR count). The predicted molar refractivity (Wildman–Crippen MR) is 91.7 cm³/mol. The van der Waals surface area contributed by atoms with Gasteiger partial charge < -0.3 is 14.2 Å². The number of benzene rings is 1. The van der Waals surface area contributed by atoms with Crippen molar-refractivity contribution in [1.29, 1.82) is 0 Å². The van der Waals surface area contributed by atoms with E-state index in [4.69, 9.17) is 9.47 Å². The summed E-state index contributed by atoms with van der Waals surface area (Å²) in [6.45, 7) is 4.00. The number of nitrogens with zero attached hydrogens (tertiary/aromatic N) is 1. The summed E-state index contributed by atoms with van der Waals surface area (Å²) in [4.78, 5) is 2.30. The summed E-state index contributed by atoms with van der Waals surface area (Å²) in [5.74, 6) is -0.193. The number of ether oxygens (including phenoxy) is 3. The van der Waals surface area contributed by atoms with E-state index in [1.54, 1.807) is 12.1 Å². The van der Waals surface area contributed by atoms with Crippen LogP contribution in [0.4, 0.5) is 13.2 Å². The Labute approximate surface area is 151 Å². The monoisotopic (exact) mass is 371 g/mol. The molecule has 0 aliphatic carbocycles. The van der Waals surface area contributed by atoms with Gasteiger partial charge in [0.05, 0.1) is 6.61 Å². The van der Waals surface area contributed by atoms with E-state index in [1.165, 1.54) is 12.1 Å². The van der Waals surface area contributed by atoms with E-state index < -0.39 is 6.36 Å². The minimum atomic E-state index is -4.66. The molecule has 144 valence electrons. The van der Waals surface area contributed by atoms with E-state index in [-0.39, 0.29) is 12.0 Å². The average Bonchev–Trinajstić information content (AvgIpc) is 2.63. The van der Waals surface area contributed by atoms with Crippen LogP contribution in [0.1, 0.15) is 31.2 Å². The highest BCUT2D eigenvalue weighted by Crippen LogP contribution is 2.27. The maximum atomic E-state index is 12.2. The molecule has 2 aliphatic rings. The second kappa shape index (κ2) is 8.88. The first-order chi connectivity index (χ1) is 12.5. The molecule has 0 radical (unpaired) electrons. The van der Waals surface area contributed by atoms with Crippen LogP contribution in [0.25, 0.3) is 5.57 Å². The molecule has 0 N–H and O–H groups in total. The van der Waals surface area contributed by atoms with Gasteiger partial charge in [-0.2, -0.15) is 0 Å². The van der Waals surface area contributed by atoms with Gasteiger partial charge in [0.2, 0.25) is 0 Å². The standard InChI is InChI=1S/C19H24F3NO3/c20-19(21,22)26-17-6-4-15(5-7-17)16-8-10-23(11-9-16)12-14-25-18-3-1-2-13-24-18/h4-8,18H,1-3,9-14H2. The van der Waals surface area contributed by atoms with Crippen molar-refractivity contribution in [3.05, 3.63) is 35.9 Å². The molecule has 4 nitrogen and oxygen atoms in total. The van der Waals surface area contributed by atoms with Crippen LogP contribution in [0.2, 0.25) is 0 Å². The first-order valence-electron chi connectivity index (χ1n) is 9.00. The normalized spacial score (nSPS) is 22.1. The fourth-order valence-electron chi connectivity index (χ4n) is 3.20. The van der Waals surface area contributed by atoms with Crippen LogP contribution in [0.3, 0.4) is 0 Å². The Kier molecular flexibility index (Phi) is 6.56. The summed E-state index contributed by atoms with van der Waals surface area (Å²) in [5.41, 5.74) is 2.09. The molecule has 2 heterocycles. The van der Waals surface area contributed by atoms with Crippen LogP contribution in [0.15, 0.2) is 30.3 Å². The third-order valence-corrected chi connectivity index (χ3v) is 4.60. The van der Waals surface area contributed by atoms with Gasteiger partial charge in [-0.25, -0.2) is 0 Å². The Hall–Kier alpha value is -1.57. The molecule has 2 aliphatic heterocycles. The molecular formula is C19H24F3NO3. The Morgan fingerprint density at radius 2 is 1.96 bits per heavy atom. The molecule has 7 heteroatoms. The van der Waals surface area contributed by atoms with Gasteiger partial charge in [-0.3, -0.25) is 4.90 Å². The largest absolute Gasteiger partial charge is 0.573 e. The SMILES string of the molecule is FC(F)(F)Oc1ccc(C2=CCN(CCOC3CCCCO3)CC2)cc1. The van der Waals surface area contributed by atoms with Crippen molar-refractivity contribution in [2.24, 2.45) is 0 Å². The minimum absolute atomic E-state index is 0.0583. The molecule has 1 unspecified atom stereocenters. The summed E-state index contributed by atoms with van der Waals surface area (Å²) >= 11 is 0. The van der Waals surface area contributed by atoms with Crippen LogP contribution in [0.5, 0.6) is 5.75 Å². The predicted octanol–water partition coefficient (Wildman–Crippen LogP) is 4.22. The van der Waals surface area contributed by atoms with Gasteiger partial charge in [0.1, 0.15) is 5.75 Å². The zero-order valence-electron chi connectivity index (χ0n) is 14.6. The molecule has 0 bridgehead atoms. The van der Waals surface area contributed by atoms with Crippen molar-refractivity contribution in [2.45, 2.75) is 38.3 Å². The van der Waals surface area contributed by atoms with E-state index in [9.17, 15) is 13.2 Å². The number of alkyl halides is 3. The molecule has 0 saturated carbocycles. The zero-order chi connectivity index (χ0) is 18.4. The van der Waals surface area contributed by atoms with Crippen molar-refractivity contribution in [1.82, 2.24) is 4.90 Å². The molecule has 1 atom stereocenters. The van der Waals surface area contributed by atoms with Crippen molar-refractivity contribution < 1.29 is 27.4 Å². The van der Waals surface area contributed by atoms with Gasteiger partial charge in [0.25, 0.3) is 0 Å². The van der Waals surface area contributed by atoms with Crippen LogP contribution < -0.4 is 4.74 Å². The summed E-state index contributed by atoms with van der Waals surface area (Å²) in [6.07, 6.45) is 1.52. The van der Waals surface area contributed by atoms with E-state index in [0.717, 1.165) is 63.1 Å². The van der Waals surface area contributed by atoms with Crippen molar-refractivity contribution in [2.75, 3.05) is 32.8 Å². The van der Waals surface area contributed by atoms with Gasteiger partial charge >= 0.3 is 6.36 Å². The van der Waals surface area contributed by atoms with Gasteiger partial charge in [-0.1, -0.05) is 18.2 Å². The third-order valence-electron chi connectivity index (χ3n) is 4.60. The maximum Gasteiger partial charge on any atom is 0.573 e. The Balaban J connectivity index is 1.43. The highest BCUT2D eigenvalue weighted by atomic mass is 19.4. The topological polar surface area (TPSA) is 30.9 Å². The van der Waals surface area contributed by atoms with E-state index >= 15 is 0 Å². The van der Waals surface area contributed by atoms with Crippen LogP contribution in [0, 0.1) is 0 Å². The fourth-order valence-corrected chi connectivity index (χ4v) is 3.20. The molecule has 1 saturated heterocycles. The number of hydrogen-bond acceptors (Lipinski definition) is 4. The highest BCUT2D eigenvalue weighted by molar-refractivity contribution is 5.67. The third kappa shape index (κ3) is 6.00. The quantitative estimate of drug-likeness (QED) is 0.749. The van der Waals surface area contributed by atoms with E-state index in [1.807, 2.05) is 0 Å². The Bertz CT molecular complexity index is 595. The van der Waals surface area contributed by atoms with Crippen LogP contribution >= 0.6 is 0 Å². The number of halogens is 3. The lowest BCUT2D eigenvalue weighted by atomic mass is 9.99. The van der Waals surface area contributed by atoms with Gasteiger partial charge in [0.15, 0.2) is 6.29 Å². The summed E-state index contributed by atoms with van der Waals surface area (Å²) < 4.78 is 51.8. The van der Waals surface area contributed by atoms with Gasteiger partial charge in [-0.05, 0) is 49.0 Å². The van der Waals surface area contributed by atoms with Crippen molar-refractivity contribution >= 4 is 5.57 Å². The van der Waals surface area contributed by atoms with Gasteiger partial charge in [0, 0.05) is 26.2 Å². The van der Waals surface area contributed by atoms with Gasteiger partial charge in [-0.15, -0.1) is 13.2 Å². The summed E-state index contributed by atoms with van der Waals surface area (Å²) in [7, 11) is 0. The van der Waals surface area contributed by atoms with Crippen molar-refractivity contribution in [3.63, 3.8) is 0 Å². The molecule has 1 fully saturated rings. The van der Waals surface area contributed by atoms with E-state index in [0.29, 0.717) is 6.61 Å². The zero-order valence-corrected chi connectivity index (χ0v) is 14.6. The second-order valence-electron chi connectivity index (χ2n) is 6.52. The van der Waals surface area contributed by atoms with Crippen LogP contribution in [-0.2, 0) is 9.47 Å². The maximum absolute atomic E-state index is 12.2. The molecule has 0 spiro atoms. The summed E-state index contributed by atoms with van der Waals surface area (Å²) in [6, 6.07) is 6.06. The lowest BCUT2D eigenvalue weighted by Crippen LogP contribution is -2.33. The lowest BCUT2D eigenvalue weighted by Gasteiger charge is -2.28. The molecule has 1 aromatic carbocycles. The number of rotatable bonds is 6. The number of hydrogen-bond donors (Lipinski definition) is 0. The molecule has 26 heavy (non-hydrogen) atoms. The minimum Gasteiger partial charge on any atom is -0.406 e. The van der Waals surface area contributed by atoms with E-state index in [2.05, 4.69) is 15.7 Å². The van der Waals surface area contributed by atoms with Crippen molar-refractivity contribution in [3.8, 4) is 5.75 Å². The molecular weight excluding hydrogens is 347 g/mol. The molecule has 1 aromatic rings. The average molecular weight is 371 g/mol. The van der Waals surface area contributed by atoms with Crippen LogP contribution in [-0.4, -0.2) is 50.4 Å². The Morgan fingerprint density at radius 3 is 2.58 bits per heavy atom. The molecule has 0 amide bonds.